The summed E-state index contributed by atoms with van der Waals surface area (Å²) in [6, 6.07) is 11.6. The van der Waals surface area contributed by atoms with Gasteiger partial charge >= 0.3 is 5.97 Å². The Kier molecular flexibility index (Phi) is 5.21. The van der Waals surface area contributed by atoms with E-state index >= 15 is 0 Å². The van der Waals surface area contributed by atoms with Crippen molar-refractivity contribution in [2.24, 2.45) is 0 Å². The minimum atomic E-state index is -0.387. The molecule has 0 aliphatic rings. The van der Waals surface area contributed by atoms with Gasteiger partial charge in [0.2, 0.25) is 0 Å². The van der Waals surface area contributed by atoms with Crippen molar-refractivity contribution >= 4 is 12.0 Å². The molecule has 1 heterocycles. The van der Waals surface area contributed by atoms with E-state index in [2.05, 4.69) is 0 Å². The van der Waals surface area contributed by atoms with Gasteiger partial charge in [-0.1, -0.05) is 30.3 Å². The molecule has 0 amide bonds. The van der Waals surface area contributed by atoms with E-state index in [0.717, 1.165) is 5.56 Å². The van der Waals surface area contributed by atoms with Crippen LogP contribution in [0.2, 0.25) is 0 Å². The van der Waals surface area contributed by atoms with Crippen LogP contribution in [0.3, 0.4) is 0 Å². The number of esters is 1. The summed E-state index contributed by atoms with van der Waals surface area (Å²) in [7, 11) is 0. The SMILES string of the molecule is CCOC(=O)/C=C/c1cc(-c2ccccc2)oc1OCC. The topological polar surface area (TPSA) is 48.7 Å². The van der Waals surface area contributed by atoms with Crippen LogP contribution in [0.25, 0.3) is 17.4 Å². The van der Waals surface area contributed by atoms with E-state index in [1.807, 2.05) is 43.3 Å². The lowest BCUT2D eigenvalue weighted by Gasteiger charge is -1.99. The Balaban J connectivity index is 2.27. The van der Waals surface area contributed by atoms with E-state index in [9.17, 15) is 4.79 Å². The predicted molar refractivity (Wildman–Crippen MR) is 81.0 cm³/mol. The van der Waals surface area contributed by atoms with Gasteiger partial charge < -0.3 is 13.9 Å². The van der Waals surface area contributed by atoms with Crippen LogP contribution in [0.15, 0.2) is 46.9 Å². The average molecular weight is 286 g/mol. The Hall–Kier alpha value is -2.49. The van der Waals surface area contributed by atoms with E-state index in [4.69, 9.17) is 13.9 Å². The first-order chi connectivity index (χ1) is 10.2. The minimum absolute atomic E-state index is 0.349. The van der Waals surface area contributed by atoms with Crippen LogP contribution in [-0.2, 0) is 9.53 Å². The molecule has 1 aromatic carbocycles. The third kappa shape index (κ3) is 3.99. The number of carbonyl (C=O) groups excluding carboxylic acids is 1. The van der Waals surface area contributed by atoms with Crippen molar-refractivity contribution in [3.05, 3.63) is 48.0 Å². The highest BCUT2D eigenvalue weighted by atomic mass is 16.6. The summed E-state index contributed by atoms with van der Waals surface area (Å²) >= 11 is 0. The summed E-state index contributed by atoms with van der Waals surface area (Å²) < 4.78 is 16.0. The van der Waals surface area contributed by atoms with Crippen molar-refractivity contribution in [1.29, 1.82) is 0 Å². The van der Waals surface area contributed by atoms with Crippen LogP contribution >= 0.6 is 0 Å². The van der Waals surface area contributed by atoms with E-state index in [0.29, 0.717) is 30.5 Å². The number of furan rings is 1. The Morgan fingerprint density at radius 3 is 2.62 bits per heavy atom. The van der Waals surface area contributed by atoms with E-state index in [1.54, 1.807) is 13.0 Å². The number of ether oxygens (including phenoxy) is 2. The molecule has 0 atom stereocenters. The van der Waals surface area contributed by atoms with Gasteiger partial charge in [0, 0.05) is 11.6 Å². The van der Waals surface area contributed by atoms with Gasteiger partial charge in [-0.3, -0.25) is 0 Å². The Morgan fingerprint density at radius 1 is 1.19 bits per heavy atom. The Labute approximate surface area is 124 Å². The van der Waals surface area contributed by atoms with E-state index in [-0.39, 0.29) is 5.97 Å². The van der Waals surface area contributed by atoms with Crippen LogP contribution in [0.5, 0.6) is 5.95 Å². The minimum Gasteiger partial charge on any atom is -0.465 e. The number of hydrogen-bond donors (Lipinski definition) is 0. The zero-order valence-electron chi connectivity index (χ0n) is 12.2. The molecule has 4 heteroatoms. The van der Waals surface area contributed by atoms with Gasteiger partial charge in [-0.25, -0.2) is 4.79 Å². The molecule has 2 aromatic rings. The van der Waals surface area contributed by atoms with Crippen LogP contribution in [-0.4, -0.2) is 19.2 Å². The summed E-state index contributed by atoms with van der Waals surface area (Å²) in [6.07, 6.45) is 3.00. The molecule has 0 aliphatic carbocycles. The van der Waals surface area contributed by atoms with Crippen LogP contribution in [0.1, 0.15) is 19.4 Å². The van der Waals surface area contributed by atoms with Crippen LogP contribution in [0.4, 0.5) is 0 Å². The molecule has 4 nitrogen and oxygen atoms in total. The van der Waals surface area contributed by atoms with Gasteiger partial charge in [-0.15, -0.1) is 0 Å². The molecule has 0 saturated heterocycles. The number of carbonyl (C=O) groups is 1. The molecule has 110 valence electrons. The fourth-order valence-corrected chi connectivity index (χ4v) is 1.84. The lowest BCUT2D eigenvalue weighted by Crippen LogP contribution is -1.98. The third-order valence-corrected chi connectivity index (χ3v) is 2.74. The quantitative estimate of drug-likeness (QED) is 0.596. The summed E-state index contributed by atoms with van der Waals surface area (Å²) in [6.45, 7) is 4.48. The maximum Gasteiger partial charge on any atom is 0.330 e. The van der Waals surface area contributed by atoms with Gasteiger partial charge in [0.25, 0.3) is 5.95 Å². The zero-order chi connectivity index (χ0) is 15.1. The second-order valence-corrected chi connectivity index (χ2v) is 4.24. The van der Waals surface area contributed by atoms with Crippen LogP contribution < -0.4 is 4.74 Å². The van der Waals surface area contributed by atoms with Crippen molar-refractivity contribution in [2.45, 2.75) is 13.8 Å². The fourth-order valence-electron chi connectivity index (χ4n) is 1.84. The molecule has 21 heavy (non-hydrogen) atoms. The van der Waals surface area contributed by atoms with Crippen molar-refractivity contribution < 1.29 is 18.7 Å². The lowest BCUT2D eigenvalue weighted by molar-refractivity contribution is -0.137. The molecule has 1 aromatic heterocycles. The summed E-state index contributed by atoms with van der Waals surface area (Å²) in [5, 5.41) is 0. The molecule has 0 fully saturated rings. The molecule has 2 rings (SSSR count). The lowest BCUT2D eigenvalue weighted by atomic mass is 10.1. The van der Waals surface area contributed by atoms with E-state index < -0.39 is 0 Å². The highest BCUT2D eigenvalue weighted by Gasteiger charge is 2.12. The first-order valence-corrected chi connectivity index (χ1v) is 6.91. The van der Waals surface area contributed by atoms with Gasteiger partial charge in [-0.05, 0) is 26.0 Å². The van der Waals surface area contributed by atoms with E-state index in [1.165, 1.54) is 6.08 Å². The van der Waals surface area contributed by atoms with Crippen molar-refractivity contribution in [3.8, 4) is 17.3 Å². The molecule has 0 saturated carbocycles. The maximum atomic E-state index is 11.4. The van der Waals surface area contributed by atoms with Crippen molar-refractivity contribution in [3.63, 3.8) is 0 Å². The smallest absolute Gasteiger partial charge is 0.330 e. The monoisotopic (exact) mass is 286 g/mol. The highest BCUT2D eigenvalue weighted by molar-refractivity contribution is 5.87. The molecule has 0 aliphatic heterocycles. The largest absolute Gasteiger partial charge is 0.465 e. The van der Waals surface area contributed by atoms with Gasteiger partial charge in [0.15, 0.2) is 0 Å². The fraction of sp³-hybridized carbons (Fsp3) is 0.235. The number of hydrogen-bond acceptors (Lipinski definition) is 4. The number of rotatable bonds is 6. The molecular formula is C17H18O4. The summed E-state index contributed by atoms with van der Waals surface area (Å²) in [5.41, 5.74) is 1.66. The maximum absolute atomic E-state index is 11.4. The molecule has 0 N–H and O–H groups in total. The van der Waals surface area contributed by atoms with Crippen LogP contribution in [0, 0.1) is 0 Å². The predicted octanol–water partition coefficient (Wildman–Crippen LogP) is 3.92. The Bertz CT molecular complexity index is 611. The molecule has 0 unspecified atom stereocenters. The normalized spacial score (nSPS) is 10.8. The molecule has 0 radical (unpaired) electrons. The van der Waals surface area contributed by atoms with Gasteiger partial charge in [0.1, 0.15) is 5.76 Å². The Morgan fingerprint density at radius 2 is 1.95 bits per heavy atom. The summed E-state index contributed by atoms with van der Waals surface area (Å²) in [5.74, 6) is 0.710. The van der Waals surface area contributed by atoms with Gasteiger partial charge in [-0.2, -0.15) is 0 Å². The third-order valence-electron chi connectivity index (χ3n) is 2.74. The second kappa shape index (κ2) is 7.33. The standard InChI is InChI=1S/C17H18O4/c1-3-19-16(18)11-10-14-12-15(21-17(14)20-4-2)13-8-6-5-7-9-13/h5-12H,3-4H2,1-2H3/b11-10+. The summed E-state index contributed by atoms with van der Waals surface area (Å²) in [4.78, 5) is 11.4. The first kappa shape index (κ1) is 14.9. The molecule has 0 spiro atoms. The van der Waals surface area contributed by atoms with Crippen molar-refractivity contribution in [1.82, 2.24) is 0 Å². The highest BCUT2D eigenvalue weighted by Crippen LogP contribution is 2.31. The second-order valence-electron chi connectivity index (χ2n) is 4.24. The number of benzene rings is 1. The van der Waals surface area contributed by atoms with Crippen molar-refractivity contribution in [2.75, 3.05) is 13.2 Å². The molecule has 0 bridgehead atoms. The van der Waals surface area contributed by atoms with Gasteiger partial charge in [0.05, 0.1) is 18.8 Å². The molecular weight excluding hydrogens is 268 g/mol. The first-order valence-electron chi connectivity index (χ1n) is 6.91. The average Bonchev–Trinajstić information content (AvgIpc) is 2.90. The zero-order valence-corrected chi connectivity index (χ0v) is 12.2.